The second kappa shape index (κ2) is 7.75. The maximum absolute atomic E-state index is 12.3. The van der Waals surface area contributed by atoms with Crippen LogP contribution in [0, 0.1) is 0 Å². The largest absolute Gasteiger partial charge is 0.573 e. The van der Waals surface area contributed by atoms with Crippen molar-refractivity contribution in [2.75, 3.05) is 18.1 Å². The number of hydrogen-bond donors (Lipinski definition) is 0. The van der Waals surface area contributed by atoms with E-state index in [1.165, 1.54) is 12.1 Å². The lowest BCUT2D eigenvalue weighted by Gasteiger charge is -2.21. The third kappa shape index (κ3) is 4.68. The average Bonchev–Trinajstić information content (AvgIpc) is 3.32. The van der Waals surface area contributed by atoms with E-state index in [1.54, 1.807) is 29.2 Å². The summed E-state index contributed by atoms with van der Waals surface area (Å²) in [4.78, 5) is 8.80. The molecule has 9 heteroatoms. The molecular formula is C20H20F3N5O. The van der Waals surface area contributed by atoms with Gasteiger partial charge >= 0.3 is 6.36 Å². The lowest BCUT2D eigenvalue weighted by Crippen LogP contribution is -2.28. The number of aromatic nitrogens is 3. The van der Waals surface area contributed by atoms with Gasteiger partial charge in [-0.3, -0.25) is 4.90 Å². The Hall–Kier alpha value is -3.07. The molecule has 0 bridgehead atoms. The predicted octanol–water partition coefficient (Wildman–Crippen LogP) is 3.83. The number of ether oxygens (including phenoxy) is 1. The molecule has 1 aliphatic heterocycles. The molecule has 0 spiro atoms. The Morgan fingerprint density at radius 2 is 1.93 bits per heavy atom. The molecule has 0 radical (unpaired) electrons. The summed E-state index contributed by atoms with van der Waals surface area (Å²) in [5.41, 5.74) is 1.98. The molecule has 0 amide bonds. The van der Waals surface area contributed by atoms with Crippen LogP contribution in [0.1, 0.15) is 12.5 Å². The highest BCUT2D eigenvalue weighted by Gasteiger charge is 2.31. The van der Waals surface area contributed by atoms with E-state index in [1.807, 2.05) is 24.4 Å². The molecule has 1 aliphatic rings. The van der Waals surface area contributed by atoms with Gasteiger partial charge in [0.2, 0.25) is 0 Å². The zero-order valence-electron chi connectivity index (χ0n) is 15.8. The third-order valence-corrected chi connectivity index (χ3v) is 4.83. The molecule has 1 unspecified atom stereocenters. The second-order valence-corrected chi connectivity index (χ2v) is 6.97. The minimum atomic E-state index is -4.68. The summed E-state index contributed by atoms with van der Waals surface area (Å²) in [6.07, 6.45) is 0.641. The van der Waals surface area contributed by atoms with Crippen LogP contribution in [0.4, 0.5) is 18.9 Å². The first-order chi connectivity index (χ1) is 13.9. The molecule has 29 heavy (non-hydrogen) atoms. The van der Waals surface area contributed by atoms with Crippen molar-refractivity contribution in [1.29, 1.82) is 0 Å². The monoisotopic (exact) mass is 403 g/mol. The zero-order valence-corrected chi connectivity index (χ0v) is 15.8. The standard InChI is InChI=1S/C20H20F3N5O/c1-15-12-27(17-3-5-18(6-4-17)29-20(21,22)23)14-26(15)13-16-7-9-24-19(11-16)28-10-2-8-25-28/h2-11,15H,12-14H2,1H3. The van der Waals surface area contributed by atoms with Gasteiger partial charge in [-0.15, -0.1) is 13.2 Å². The lowest BCUT2D eigenvalue weighted by molar-refractivity contribution is -0.274. The van der Waals surface area contributed by atoms with Crippen LogP contribution in [0.25, 0.3) is 5.82 Å². The summed E-state index contributed by atoms with van der Waals surface area (Å²) >= 11 is 0. The van der Waals surface area contributed by atoms with E-state index >= 15 is 0 Å². The Kier molecular flexibility index (Phi) is 5.14. The van der Waals surface area contributed by atoms with Crippen LogP contribution in [0.2, 0.25) is 0 Å². The van der Waals surface area contributed by atoms with Gasteiger partial charge in [0.25, 0.3) is 0 Å². The molecule has 3 heterocycles. The number of nitrogens with zero attached hydrogens (tertiary/aromatic N) is 5. The Morgan fingerprint density at radius 3 is 2.62 bits per heavy atom. The minimum Gasteiger partial charge on any atom is -0.406 e. The van der Waals surface area contributed by atoms with Crippen LogP contribution >= 0.6 is 0 Å². The van der Waals surface area contributed by atoms with Crippen molar-refractivity contribution < 1.29 is 17.9 Å². The summed E-state index contributed by atoms with van der Waals surface area (Å²) in [5, 5.41) is 4.21. The predicted molar refractivity (Wildman–Crippen MR) is 102 cm³/mol. The fourth-order valence-corrected chi connectivity index (χ4v) is 3.43. The van der Waals surface area contributed by atoms with Gasteiger partial charge in [-0.1, -0.05) is 0 Å². The van der Waals surface area contributed by atoms with E-state index < -0.39 is 6.36 Å². The SMILES string of the molecule is CC1CN(c2ccc(OC(F)(F)F)cc2)CN1Cc1ccnc(-n2cccn2)c1. The fourth-order valence-electron chi connectivity index (χ4n) is 3.43. The van der Waals surface area contributed by atoms with Crippen molar-refractivity contribution >= 4 is 5.69 Å². The van der Waals surface area contributed by atoms with E-state index in [4.69, 9.17) is 0 Å². The van der Waals surface area contributed by atoms with Gasteiger partial charge in [-0.2, -0.15) is 5.10 Å². The van der Waals surface area contributed by atoms with Gasteiger partial charge in [0.1, 0.15) is 5.75 Å². The van der Waals surface area contributed by atoms with Crippen molar-refractivity contribution in [2.45, 2.75) is 25.9 Å². The Bertz CT molecular complexity index is 944. The van der Waals surface area contributed by atoms with E-state index in [-0.39, 0.29) is 5.75 Å². The molecule has 1 atom stereocenters. The summed E-state index contributed by atoms with van der Waals surface area (Å²) in [6.45, 7) is 4.34. The summed E-state index contributed by atoms with van der Waals surface area (Å²) in [7, 11) is 0. The molecule has 3 aromatic rings. The van der Waals surface area contributed by atoms with Crippen molar-refractivity contribution in [1.82, 2.24) is 19.7 Å². The zero-order chi connectivity index (χ0) is 20.4. The quantitative estimate of drug-likeness (QED) is 0.648. The molecule has 0 N–H and O–H groups in total. The molecule has 0 aliphatic carbocycles. The highest BCUT2D eigenvalue weighted by Crippen LogP contribution is 2.28. The van der Waals surface area contributed by atoms with Crippen LogP contribution in [0.5, 0.6) is 5.75 Å². The molecule has 1 aromatic carbocycles. The fraction of sp³-hybridized carbons (Fsp3) is 0.300. The number of alkyl halides is 3. The van der Waals surface area contributed by atoms with Crippen molar-refractivity contribution in [2.24, 2.45) is 0 Å². The molecule has 152 valence electrons. The van der Waals surface area contributed by atoms with E-state index in [9.17, 15) is 13.2 Å². The molecule has 0 saturated carbocycles. The van der Waals surface area contributed by atoms with E-state index in [0.717, 1.165) is 30.2 Å². The molecule has 1 saturated heterocycles. The first kappa shape index (κ1) is 19.3. The smallest absolute Gasteiger partial charge is 0.406 e. The highest BCUT2D eigenvalue weighted by molar-refractivity contribution is 5.50. The lowest BCUT2D eigenvalue weighted by atomic mass is 10.2. The van der Waals surface area contributed by atoms with Crippen LogP contribution in [-0.4, -0.2) is 45.3 Å². The van der Waals surface area contributed by atoms with Crippen molar-refractivity contribution in [3.63, 3.8) is 0 Å². The normalized spacial score (nSPS) is 17.7. The van der Waals surface area contributed by atoms with Gasteiger partial charge < -0.3 is 9.64 Å². The Labute approximate surface area is 166 Å². The van der Waals surface area contributed by atoms with Gasteiger partial charge in [0.15, 0.2) is 5.82 Å². The van der Waals surface area contributed by atoms with Gasteiger partial charge in [0.05, 0.1) is 6.67 Å². The maximum atomic E-state index is 12.3. The molecule has 6 nitrogen and oxygen atoms in total. The van der Waals surface area contributed by atoms with E-state index in [2.05, 4.69) is 31.5 Å². The summed E-state index contributed by atoms with van der Waals surface area (Å²) in [5.74, 6) is 0.546. The third-order valence-electron chi connectivity index (χ3n) is 4.83. The number of anilines is 1. The second-order valence-electron chi connectivity index (χ2n) is 6.97. The average molecular weight is 403 g/mol. The van der Waals surface area contributed by atoms with E-state index in [0.29, 0.717) is 12.7 Å². The number of rotatable bonds is 5. The molecular weight excluding hydrogens is 383 g/mol. The Balaban J connectivity index is 1.42. The number of pyridine rings is 1. The van der Waals surface area contributed by atoms with Gasteiger partial charge in [-0.05, 0) is 55.0 Å². The first-order valence-electron chi connectivity index (χ1n) is 9.17. The van der Waals surface area contributed by atoms with Crippen molar-refractivity contribution in [3.8, 4) is 11.6 Å². The maximum Gasteiger partial charge on any atom is 0.573 e. The van der Waals surface area contributed by atoms with Crippen LogP contribution in [-0.2, 0) is 6.54 Å². The molecule has 4 rings (SSSR count). The molecule has 2 aromatic heterocycles. The minimum absolute atomic E-state index is 0.215. The van der Waals surface area contributed by atoms with Gasteiger partial charge in [0, 0.05) is 43.4 Å². The number of hydrogen-bond acceptors (Lipinski definition) is 5. The highest BCUT2D eigenvalue weighted by atomic mass is 19.4. The van der Waals surface area contributed by atoms with Crippen LogP contribution in [0.15, 0.2) is 61.1 Å². The summed E-state index contributed by atoms with van der Waals surface area (Å²) in [6, 6.07) is 12.1. The number of halogens is 3. The summed E-state index contributed by atoms with van der Waals surface area (Å²) < 4.78 is 42.6. The van der Waals surface area contributed by atoms with Gasteiger partial charge in [-0.25, -0.2) is 9.67 Å². The van der Waals surface area contributed by atoms with Crippen LogP contribution in [0.3, 0.4) is 0 Å². The van der Waals surface area contributed by atoms with Crippen LogP contribution < -0.4 is 9.64 Å². The Morgan fingerprint density at radius 1 is 1.14 bits per heavy atom. The topological polar surface area (TPSA) is 46.4 Å². The molecule has 1 fully saturated rings. The number of benzene rings is 1. The van der Waals surface area contributed by atoms with Crippen molar-refractivity contribution in [3.05, 3.63) is 66.6 Å². The first-order valence-corrected chi connectivity index (χ1v) is 9.17.